The van der Waals surface area contributed by atoms with E-state index in [1.807, 2.05) is 0 Å². The van der Waals surface area contributed by atoms with E-state index in [9.17, 15) is 14.4 Å². The van der Waals surface area contributed by atoms with Crippen molar-refractivity contribution in [3.63, 3.8) is 0 Å². The van der Waals surface area contributed by atoms with Crippen molar-refractivity contribution >= 4 is 17.9 Å². The Balaban J connectivity index is 4.40. The Morgan fingerprint density at radius 1 is 0.292 bits per heavy atom. The number of hydrogen-bond acceptors (Lipinski definition) is 6. The van der Waals surface area contributed by atoms with Gasteiger partial charge in [0.05, 0.1) is 0 Å². The average molecular weight is 996 g/mol. The lowest BCUT2D eigenvalue weighted by Gasteiger charge is -2.18. The summed E-state index contributed by atoms with van der Waals surface area (Å²) in [5, 5.41) is 0. The molecule has 0 aliphatic rings. The van der Waals surface area contributed by atoms with Crippen LogP contribution in [0.25, 0.3) is 0 Å². The summed E-state index contributed by atoms with van der Waals surface area (Å²) in [5.41, 5.74) is 0. The standard InChI is InChI=1S/C66H106O6/c1-4-7-10-13-16-19-22-24-26-27-28-29-30-31-32-33-34-35-36-37-38-39-41-42-44-47-50-53-56-59-65(68)71-62-63(61-70-64(67)58-55-52-49-46-21-18-15-12-9-6-3)72-66(69)60-57-54-51-48-45-43-40-25-23-20-17-14-11-8-5-2/h7,10,16-17,19-20,24-26,28-29,31-32,34-35,37-38,40-42,47,50,63H,4-6,8-9,11-15,18,21-23,27,30,33,36,39,43-46,48-49,51-62H2,1-3H3/b10-7-,19-16-,20-17-,26-24-,29-28-,32-31-,35-34-,38-37-,40-25-,42-41-,50-47-. The highest BCUT2D eigenvalue weighted by Gasteiger charge is 2.19. The van der Waals surface area contributed by atoms with Crippen LogP contribution in [0.15, 0.2) is 134 Å². The molecular formula is C66H106O6. The van der Waals surface area contributed by atoms with Gasteiger partial charge in [0.1, 0.15) is 13.2 Å². The molecule has 0 aromatic carbocycles. The maximum Gasteiger partial charge on any atom is 0.306 e. The first-order chi connectivity index (χ1) is 35.5. The number of ether oxygens (including phenoxy) is 3. The monoisotopic (exact) mass is 995 g/mol. The van der Waals surface area contributed by atoms with Crippen LogP contribution in [0.4, 0.5) is 0 Å². The summed E-state index contributed by atoms with van der Waals surface area (Å²) < 4.78 is 16.8. The van der Waals surface area contributed by atoms with Crippen molar-refractivity contribution in [2.45, 2.75) is 252 Å². The second-order valence-electron chi connectivity index (χ2n) is 18.8. The van der Waals surface area contributed by atoms with Crippen LogP contribution in [0.3, 0.4) is 0 Å². The minimum absolute atomic E-state index is 0.104. The highest BCUT2D eigenvalue weighted by Crippen LogP contribution is 2.14. The second-order valence-corrected chi connectivity index (χ2v) is 18.8. The summed E-state index contributed by atoms with van der Waals surface area (Å²) in [5.74, 6) is -0.986. The van der Waals surface area contributed by atoms with Crippen molar-refractivity contribution in [3.8, 4) is 0 Å². The first-order valence-electron chi connectivity index (χ1n) is 29.2. The topological polar surface area (TPSA) is 78.9 Å². The molecule has 0 bridgehead atoms. The van der Waals surface area contributed by atoms with Gasteiger partial charge in [0.2, 0.25) is 0 Å². The third-order valence-corrected chi connectivity index (χ3v) is 11.9. The van der Waals surface area contributed by atoms with Crippen LogP contribution in [0, 0.1) is 0 Å². The summed E-state index contributed by atoms with van der Waals surface area (Å²) in [6.45, 7) is 6.42. The zero-order valence-electron chi connectivity index (χ0n) is 46.4. The van der Waals surface area contributed by atoms with Gasteiger partial charge in [-0.15, -0.1) is 0 Å². The Morgan fingerprint density at radius 3 is 0.931 bits per heavy atom. The Bertz CT molecular complexity index is 1560. The molecule has 6 heteroatoms. The summed E-state index contributed by atoms with van der Waals surface area (Å²) >= 11 is 0. The average Bonchev–Trinajstić information content (AvgIpc) is 3.38. The summed E-state index contributed by atoms with van der Waals surface area (Å²) in [6.07, 6.45) is 83.1. The maximum atomic E-state index is 12.8. The molecule has 1 atom stereocenters. The third-order valence-electron chi connectivity index (χ3n) is 11.9. The van der Waals surface area contributed by atoms with Crippen molar-refractivity contribution in [3.05, 3.63) is 134 Å². The van der Waals surface area contributed by atoms with Gasteiger partial charge in [-0.25, -0.2) is 0 Å². The van der Waals surface area contributed by atoms with Gasteiger partial charge in [-0.1, -0.05) is 244 Å². The van der Waals surface area contributed by atoms with Gasteiger partial charge in [-0.2, -0.15) is 0 Å². The summed E-state index contributed by atoms with van der Waals surface area (Å²) in [7, 11) is 0. The number of hydrogen-bond donors (Lipinski definition) is 0. The van der Waals surface area contributed by atoms with Gasteiger partial charge in [0, 0.05) is 19.3 Å². The molecule has 0 saturated carbocycles. The molecule has 406 valence electrons. The van der Waals surface area contributed by atoms with E-state index >= 15 is 0 Å². The third kappa shape index (κ3) is 56.5. The molecule has 72 heavy (non-hydrogen) atoms. The van der Waals surface area contributed by atoms with E-state index < -0.39 is 6.10 Å². The van der Waals surface area contributed by atoms with Crippen molar-refractivity contribution in [1.82, 2.24) is 0 Å². The van der Waals surface area contributed by atoms with Crippen LogP contribution in [0.1, 0.15) is 245 Å². The van der Waals surface area contributed by atoms with E-state index in [1.54, 1.807) is 0 Å². The minimum Gasteiger partial charge on any atom is -0.462 e. The van der Waals surface area contributed by atoms with Crippen LogP contribution in [-0.4, -0.2) is 37.2 Å². The zero-order valence-corrected chi connectivity index (χ0v) is 46.4. The zero-order chi connectivity index (χ0) is 52.2. The molecule has 0 N–H and O–H groups in total. The lowest BCUT2D eigenvalue weighted by atomic mass is 10.1. The maximum absolute atomic E-state index is 12.8. The fraction of sp³-hybridized carbons (Fsp3) is 0.621. The Morgan fingerprint density at radius 2 is 0.556 bits per heavy atom. The van der Waals surface area contributed by atoms with E-state index in [4.69, 9.17) is 14.2 Å². The highest BCUT2D eigenvalue weighted by atomic mass is 16.6. The lowest BCUT2D eigenvalue weighted by molar-refractivity contribution is -0.167. The Hall–Kier alpha value is -4.45. The molecule has 0 radical (unpaired) electrons. The molecule has 0 aromatic rings. The van der Waals surface area contributed by atoms with Gasteiger partial charge < -0.3 is 14.2 Å². The molecular weight excluding hydrogens is 889 g/mol. The molecule has 0 rings (SSSR count). The van der Waals surface area contributed by atoms with Crippen molar-refractivity contribution in [1.29, 1.82) is 0 Å². The summed E-state index contributed by atoms with van der Waals surface area (Å²) in [4.78, 5) is 38.0. The molecule has 0 aromatic heterocycles. The van der Waals surface area contributed by atoms with E-state index in [2.05, 4.69) is 154 Å². The largest absolute Gasteiger partial charge is 0.462 e. The first kappa shape index (κ1) is 67.5. The predicted molar refractivity (Wildman–Crippen MR) is 311 cm³/mol. The Labute approximate surface area is 443 Å². The number of esters is 3. The molecule has 0 fully saturated rings. The number of rotatable bonds is 51. The number of allylic oxidation sites excluding steroid dienone is 22. The molecule has 0 spiro atoms. The molecule has 0 heterocycles. The fourth-order valence-electron chi connectivity index (χ4n) is 7.53. The highest BCUT2D eigenvalue weighted by molar-refractivity contribution is 5.71. The Kier molecular flexibility index (Phi) is 55.5. The van der Waals surface area contributed by atoms with Crippen LogP contribution < -0.4 is 0 Å². The van der Waals surface area contributed by atoms with Crippen LogP contribution in [0.2, 0.25) is 0 Å². The van der Waals surface area contributed by atoms with Gasteiger partial charge >= 0.3 is 17.9 Å². The van der Waals surface area contributed by atoms with Gasteiger partial charge in [-0.05, 0) is 116 Å². The lowest BCUT2D eigenvalue weighted by Crippen LogP contribution is -2.30. The molecule has 0 aliphatic heterocycles. The van der Waals surface area contributed by atoms with Crippen molar-refractivity contribution < 1.29 is 28.6 Å². The second kappa shape index (κ2) is 59.1. The molecule has 0 aliphatic carbocycles. The van der Waals surface area contributed by atoms with Crippen molar-refractivity contribution in [2.75, 3.05) is 13.2 Å². The van der Waals surface area contributed by atoms with Crippen LogP contribution in [-0.2, 0) is 28.6 Å². The van der Waals surface area contributed by atoms with Crippen LogP contribution in [0.5, 0.6) is 0 Å². The smallest absolute Gasteiger partial charge is 0.306 e. The SMILES string of the molecule is CC/C=C\C/C=C\C/C=C\C/C=C\C/C=C\C/C=C\C/C=C\C/C=C\C/C=C\CCCC(=O)OCC(COC(=O)CCCCCCCCCCCC)OC(=O)CCCCCCC/C=C\C/C=C\CCCCC. The quantitative estimate of drug-likeness (QED) is 0.0261. The van der Waals surface area contributed by atoms with Gasteiger partial charge in [-0.3, -0.25) is 14.4 Å². The normalized spacial score (nSPS) is 13.1. The number of unbranched alkanes of at least 4 members (excludes halogenated alkanes) is 18. The first-order valence-corrected chi connectivity index (χ1v) is 29.2. The van der Waals surface area contributed by atoms with Crippen LogP contribution >= 0.6 is 0 Å². The summed E-state index contributed by atoms with van der Waals surface area (Å²) in [6, 6.07) is 0. The fourth-order valence-corrected chi connectivity index (χ4v) is 7.53. The number of carbonyl (C=O) groups excluding carboxylic acids is 3. The van der Waals surface area contributed by atoms with Gasteiger partial charge in [0.15, 0.2) is 6.10 Å². The van der Waals surface area contributed by atoms with Crippen molar-refractivity contribution in [2.24, 2.45) is 0 Å². The molecule has 0 saturated heterocycles. The van der Waals surface area contributed by atoms with E-state index in [0.29, 0.717) is 19.3 Å². The predicted octanol–water partition coefficient (Wildman–Crippen LogP) is 19.8. The van der Waals surface area contributed by atoms with E-state index in [1.165, 1.54) is 70.6 Å². The number of carbonyl (C=O) groups is 3. The molecule has 6 nitrogen and oxygen atoms in total. The van der Waals surface area contributed by atoms with E-state index in [-0.39, 0.29) is 37.5 Å². The van der Waals surface area contributed by atoms with E-state index in [0.717, 1.165) is 128 Å². The molecule has 1 unspecified atom stereocenters. The minimum atomic E-state index is -0.811. The molecule has 0 amide bonds. The van der Waals surface area contributed by atoms with Gasteiger partial charge in [0.25, 0.3) is 0 Å².